The standard InChI is InChI=1S/C23H22F3N5O/c1-14-12-19(23(24,25)26)21-16(3)29-31(22(21)27-14)13-20(32)28-15(2)17-6-8-18(9-7-17)30-10-4-5-11-30/h4-12,15H,13H2,1-3H3,(H,28,32). The lowest BCUT2D eigenvalue weighted by Gasteiger charge is -2.15. The quantitative estimate of drug-likeness (QED) is 0.487. The van der Waals surface area contributed by atoms with Gasteiger partial charge < -0.3 is 9.88 Å². The Morgan fingerprint density at radius 1 is 1.12 bits per heavy atom. The van der Waals surface area contributed by atoms with Crippen LogP contribution in [0.25, 0.3) is 16.7 Å². The largest absolute Gasteiger partial charge is 0.417 e. The maximum absolute atomic E-state index is 13.5. The molecular weight excluding hydrogens is 419 g/mol. The molecule has 0 spiro atoms. The zero-order valence-electron chi connectivity index (χ0n) is 17.8. The van der Waals surface area contributed by atoms with Crippen LogP contribution in [0.1, 0.15) is 35.5 Å². The van der Waals surface area contributed by atoms with Crippen LogP contribution >= 0.6 is 0 Å². The summed E-state index contributed by atoms with van der Waals surface area (Å²) < 4.78 is 43.6. The van der Waals surface area contributed by atoms with Gasteiger partial charge in [0, 0.05) is 23.8 Å². The summed E-state index contributed by atoms with van der Waals surface area (Å²) in [4.78, 5) is 16.9. The molecule has 1 aromatic carbocycles. The second-order valence-corrected chi connectivity index (χ2v) is 7.72. The normalized spacial score (nSPS) is 12.8. The third-order valence-electron chi connectivity index (χ3n) is 5.28. The van der Waals surface area contributed by atoms with Gasteiger partial charge in [0.15, 0.2) is 5.65 Å². The van der Waals surface area contributed by atoms with Gasteiger partial charge in [-0.25, -0.2) is 9.67 Å². The lowest BCUT2D eigenvalue weighted by Crippen LogP contribution is -2.30. The molecule has 0 saturated carbocycles. The first-order valence-electron chi connectivity index (χ1n) is 10.1. The van der Waals surface area contributed by atoms with E-state index in [1.807, 2.05) is 60.3 Å². The van der Waals surface area contributed by atoms with Gasteiger partial charge in [0.25, 0.3) is 0 Å². The second kappa shape index (κ2) is 8.14. The van der Waals surface area contributed by atoms with Gasteiger partial charge >= 0.3 is 6.18 Å². The number of aryl methyl sites for hydroxylation is 2. The number of nitrogens with one attached hydrogen (secondary N) is 1. The van der Waals surface area contributed by atoms with Crippen LogP contribution in [0.4, 0.5) is 13.2 Å². The summed E-state index contributed by atoms with van der Waals surface area (Å²) in [5.74, 6) is -0.367. The number of amides is 1. The molecule has 4 aromatic rings. The molecule has 0 aliphatic carbocycles. The smallest absolute Gasteiger partial charge is 0.348 e. The average molecular weight is 441 g/mol. The molecule has 0 saturated heterocycles. The summed E-state index contributed by atoms with van der Waals surface area (Å²) in [6, 6.07) is 12.3. The van der Waals surface area contributed by atoms with Gasteiger partial charge in [-0.05, 0) is 56.7 Å². The first-order valence-corrected chi connectivity index (χ1v) is 10.1. The van der Waals surface area contributed by atoms with E-state index in [2.05, 4.69) is 15.4 Å². The molecule has 9 heteroatoms. The Bertz CT molecular complexity index is 1260. The Morgan fingerprint density at radius 3 is 2.41 bits per heavy atom. The summed E-state index contributed by atoms with van der Waals surface area (Å²) in [5.41, 5.74) is 1.56. The highest BCUT2D eigenvalue weighted by atomic mass is 19.4. The van der Waals surface area contributed by atoms with Crippen LogP contribution in [0.3, 0.4) is 0 Å². The fraction of sp³-hybridized carbons (Fsp3) is 0.261. The van der Waals surface area contributed by atoms with Crippen molar-refractivity contribution in [2.45, 2.75) is 39.5 Å². The molecule has 0 radical (unpaired) electrons. The van der Waals surface area contributed by atoms with E-state index in [0.717, 1.165) is 17.3 Å². The first kappa shape index (κ1) is 21.6. The number of nitrogens with zero attached hydrogens (tertiary/aromatic N) is 4. The molecule has 0 aliphatic heterocycles. The fourth-order valence-corrected chi connectivity index (χ4v) is 3.76. The van der Waals surface area contributed by atoms with Crippen LogP contribution in [0, 0.1) is 13.8 Å². The SMILES string of the molecule is Cc1cc(C(F)(F)F)c2c(C)nn(CC(=O)NC(C)c3ccc(-n4cccc4)cc3)c2n1. The maximum atomic E-state index is 13.5. The summed E-state index contributed by atoms with van der Waals surface area (Å²) >= 11 is 0. The second-order valence-electron chi connectivity index (χ2n) is 7.72. The minimum Gasteiger partial charge on any atom is -0.348 e. The highest BCUT2D eigenvalue weighted by molar-refractivity contribution is 5.85. The highest BCUT2D eigenvalue weighted by Gasteiger charge is 2.35. The Hall–Kier alpha value is -3.62. The molecule has 3 aromatic heterocycles. The topological polar surface area (TPSA) is 64.7 Å². The lowest BCUT2D eigenvalue weighted by molar-refractivity contribution is -0.136. The summed E-state index contributed by atoms with van der Waals surface area (Å²) in [6.45, 7) is 4.59. The van der Waals surface area contributed by atoms with E-state index in [1.54, 1.807) is 0 Å². The van der Waals surface area contributed by atoms with E-state index >= 15 is 0 Å². The molecule has 1 atom stereocenters. The number of rotatable bonds is 5. The lowest BCUT2D eigenvalue weighted by atomic mass is 10.1. The third-order valence-corrected chi connectivity index (χ3v) is 5.28. The summed E-state index contributed by atoms with van der Waals surface area (Å²) in [5, 5.41) is 6.95. The van der Waals surface area contributed by atoms with E-state index in [4.69, 9.17) is 0 Å². The molecule has 1 amide bonds. The zero-order valence-corrected chi connectivity index (χ0v) is 17.8. The van der Waals surface area contributed by atoms with Gasteiger partial charge in [-0.2, -0.15) is 18.3 Å². The highest BCUT2D eigenvalue weighted by Crippen LogP contribution is 2.36. The van der Waals surface area contributed by atoms with Gasteiger partial charge in [0.1, 0.15) is 6.54 Å². The van der Waals surface area contributed by atoms with E-state index in [1.165, 1.54) is 18.5 Å². The van der Waals surface area contributed by atoms with Gasteiger partial charge in [-0.1, -0.05) is 12.1 Å². The molecule has 166 valence electrons. The van der Waals surface area contributed by atoms with Crippen LogP contribution < -0.4 is 5.32 Å². The first-order chi connectivity index (χ1) is 15.1. The van der Waals surface area contributed by atoms with Crippen LogP contribution in [0.5, 0.6) is 0 Å². The number of carbonyl (C=O) groups excluding carboxylic acids is 1. The summed E-state index contributed by atoms with van der Waals surface area (Å²) in [6.07, 6.45) is -0.652. The fourth-order valence-electron chi connectivity index (χ4n) is 3.76. The number of carbonyl (C=O) groups is 1. The zero-order chi connectivity index (χ0) is 23.0. The van der Waals surface area contributed by atoms with Crippen molar-refractivity contribution >= 4 is 16.9 Å². The molecule has 3 heterocycles. The molecule has 1 N–H and O–H groups in total. The molecule has 0 fully saturated rings. The molecule has 32 heavy (non-hydrogen) atoms. The summed E-state index contributed by atoms with van der Waals surface area (Å²) in [7, 11) is 0. The van der Waals surface area contributed by atoms with Crippen molar-refractivity contribution in [3.05, 3.63) is 77.4 Å². The Morgan fingerprint density at radius 2 is 1.78 bits per heavy atom. The Kier molecular flexibility index (Phi) is 5.50. The van der Waals surface area contributed by atoms with Crippen LogP contribution in [-0.2, 0) is 17.5 Å². The number of hydrogen-bond donors (Lipinski definition) is 1. The van der Waals surface area contributed by atoms with Crippen LogP contribution in [0.15, 0.2) is 54.9 Å². The van der Waals surface area contributed by atoms with Crippen molar-refractivity contribution in [2.75, 3.05) is 0 Å². The van der Waals surface area contributed by atoms with Gasteiger partial charge in [0.05, 0.1) is 22.7 Å². The number of fused-ring (bicyclic) bond motifs is 1. The number of hydrogen-bond acceptors (Lipinski definition) is 3. The van der Waals surface area contributed by atoms with E-state index in [9.17, 15) is 18.0 Å². The van der Waals surface area contributed by atoms with Crippen molar-refractivity contribution in [1.82, 2.24) is 24.6 Å². The predicted octanol–water partition coefficient (Wildman–Crippen LogP) is 4.74. The minimum absolute atomic E-state index is 0.0497. The van der Waals surface area contributed by atoms with Crippen molar-refractivity contribution in [2.24, 2.45) is 0 Å². The van der Waals surface area contributed by atoms with Gasteiger partial charge in [-0.15, -0.1) is 0 Å². The maximum Gasteiger partial charge on any atom is 0.417 e. The van der Waals surface area contributed by atoms with E-state index in [0.29, 0.717) is 0 Å². The monoisotopic (exact) mass is 441 g/mol. The number of pyridine rings is 1. The van der Waals surface area contributed by atoms with E-state index in [-0.39, 0.29) is 40.9 Å². The molecule has 6 nitrogen and oxygen atoms in total. The molecule has 1 unspecified atom stereocenters. The molecular formula is C23H22F3N5O. The average Bonchev–Trinajstić information content (AvgIpc) is 3.36. The van der Waals surface area contributed by atoms with Gasteiger partial charge in [0.2, 0.25) is 5.91 Å². The Balaban J connectivity index is 1.52. The predicted molar refractivity (Wildman–Crippen MR) is 114 cm³/mol. The van der Waals surface area contributed by atoms with E-state index < -0.39 is 11.7 Å². The number of halogens is 3. The molecule has 0 aliphatic rings. The Labute approximate surface area is 182 Å². The van der Waals surface area contributed by atoms with Crippen molar-refractivity contribution in [1.29, 1.82) is 0 Å². The third kappa shape index (κ3) is 4.23. The van der Waals surface area contributed by atoms with Crippen LogP contribution in [0.2, 0.25) is 0 Å². The molecule has 4 rings (SSSR count). The molecule has 0 bridgehead atoms. The van der Waals surface area contributed by atoms with Crippen LogP contribution in [-0.4, -0.2) is 25.2 Å². The van der Waals surface area contributed by atoms with Crippen molar-refractivity contribution in [3.63, 3.8) is 0 Å². The van der Waals surface area contributed by atoms with Crippen molar-refractivity contribution in [3.8, 4) is 5.69 Å². The van der Waals surface area contributed by atoms with Crippen molar-refractivity contribution < 1.29 is 18.0 Å². The van der Waals surface area contributed by atoms with Gasteiger partial charge in [-0.3, -0.25) is 4.79 Å². The number of benzene rings is 1. The number of aromatic nitrogens is 4. The number of alkyl halides is 3. The minimum atomic E-state index is -4.53.